The summed E-state index contributed by atoms with van der Waals surface area (Å²) in [6.45, 7) is 8.07. The second-order valence-corrected chi connectivity index (χ2v) is 6.54. The van der Waals surface area contributed by atoms with E-state index in [1.165, 1.54) is 37.8 Å². The van der Waals surface area contributed by atoms with Crippen LogP contribution in [0.1, 0.15) is 64.5 Å². The van der Waals surface area contributed by atoms with Crippen molar-refractivity contribution in [2.75, 3.05) is 6.54 Å². The van der Waals surface area contributed by atoms with Crippen LogP contribution >= 0.6 is 0 Å². The van der Waals surface area contributed by atoms with E-state index in [1.807, 2.05) is 12.1 Å². The Morgan fingerprint density at radius 3 is 2.25 bits per heavy atom. The maximum absolute atomic E-state index is 9.49. The Kier molecular flexibility index (Phi) is 5.47. The summed E-state index contributed by atoms with van der Waals surface area (Å²) in [6, 6.07) is 9.05. The molecule has 1 aliphatic carbocycles. The number of hydrogen-bond acceptors (Lipinski definition) is 2. The van der Waals surface area contributed by atoms with Crippen LogP contribution in [-0.2, 0) is 0 Å². The molecule has 1 aliphatic rings. The lowest BCUT2D eigenvalue weighted by Crippen LogP contribution is -2.39. The molecule has 0 saturated heterocycles. The molecular formula is C18H29NO. The van der Waals surface area contributed by atoms with Crippen molar-refractivity contribution in [3.63, 3.8) is 0 Å². The van der Waals surface area contributed by atoms with Crippen molar-refractivity contribution >= 4 is 0 Å². The minimum atomic E-state index is 0.361. The molecular weight excluding hydrogens is 246 g/mol. The molecule has 112 valence electrons. The Morgan fingerprint density at radius 2 is 1.75 bits per heavy atom. The van der Waals surface area contributed by atoms with Crippen molar-refractivity contribution < 1.29 is 5.11 Å². The van der Waals surface area contributed by atoms with Crippen molar-refractivity contribution in [1.82, 2.24) is 4.90 Å². The van der Waals surface area contributed by atoms with Crippen LogP contribution in [0.3, 0.4) is 0 Å². The van der Waals surface area contributed by atoms with Gasteiger partial charge in [0.2, 0.25) is 0 Å². The number of phenolic OH excluding ortho intramolecular Hbond substituents is 1. The van der Waals surface area contributed by atoms with Gasteiger partial charge in [0.1, 0.15) is 5.75 Å². The van der Waals surface area contributed by atoms with Gasteiger partial charge in [-0.15, -0.1) is 0 Å². The number of rotatable bonds is 6. The Labute approximate surface area is 123 Å². The smallest absolute Gasteiger partial charge is 0.115 e. The number of phenols is 1. The molecule has 0 aliphatic heterocycles. The Hall–Kier alpha value is -1.02. The summed E-state index contributed by atoms with van der Waals surface area (Å²) >= 11 is 0. The predicted octanol–water partition coefficient (Wildman–Crippen LogP) is 4.74. The summed E-state index contributed by atoms with van der Waals surface area (Å²) in [5, 5.41) is 9.49. The van der Waals surface area contributed by atoms with Crippen molar-refractivity contribution in [1.29, 1.82) is 0 Å². The summed E-state index contributed by atoms with van der Waals surface area (Å²) in [5.41, 5.74) is 1.35. The van der Waals surface area contributed by atoms with E-state index >= 15 is 0 Å². The highest BCUT2D eigenvalue weighted by atomic mass is 16.3. The first-order valence-corrected chi connectivity index (χ1v) is 8.16. The molecule has 1 aromatic carbocycles. The molecule has 1 fully saturated rings. The fourth-order valence-corrected chi connectivity index (χ4v) is 3.55. The monoisotopic (exact) mass is 275 g/mol. The lowest BCUT2D eigenvalue weighted by molar-refractivity contribution is 0.114. The van der Waals surface area contributed by atoms with Crippen LogP contribution in [0, 0.1) is 5.92 Å². The third-order valence-electron chi connectivity index (χ3n) is 4.43. The van der Waals surface area contributed by atoms with Gasteiger partial charge in [-0.1, -0.05) is 45.7 Å². The number of nitrogens with zero attached hydrogens (tertiary/aromatic N) is 1. The molecule has 2 nitrogen and oxygen atoms in total. The first kappa shape index (κ1) is 15.4. The molecule has 2 rings (SSSR count). The molecule has 1 N–H and O–H groups in total. The predicted molar refractivity (Wildman–Crippen MR) is 84.9 cm³/mol. The van der Waals surface area contributed by atoms with Crippen molar-refractivity contribution in [2.45, 2.75) is 65.0 Å². The van der Waals surface area contributed by atoms with E-state index in [1.54, 1.807) is 0 Å². The van der Waals surface area contributed by atoms with Crippen molar-refractivity contribution in [3.8, 4) is 5.75 Å². The van der Waals surface area contributed by atoms with Crippen LogP contribution in [0.15, 0.2) is 24.3 Å². The van der Waals surface area contributed by atoms with E-state index in [9.17, 15) is 5.11 Å². The second-order valence-electron chi connectivity index (χ2n) is 6.54. The molecule has 0 heterocycles. The fraction of sp³-hybridized carbons (Fsp3) is 0.667. The molecule has 2 heteroatoms. The highest BCUT2D eigenvalue weighted by Crippen LogP contribution is 2.34. The summed E-state index contributed by atoms with van der Waals surface area (Å²) in [7, 11) is 0. The SMILES string of the molecule is CCC(c1ccc(O)cc1)N(CC(C)C)C1CCCC1. The van der Waals surface area contributed by atoms with E-state index < -0.39 is 0 Å². The summed E-state index contributed by atoms with van der Waals surface area (Å²) in [5.74, 6) is 1.06. The number of aromatic hydroxyl groups is 1. The normalized spacial score (nSPS) is 18.1. The molecule has 0 bridgehead atoms. The molecule has 0 spiro atoms. The van der Waals surface area contributed by atoms with Gasteiger partial charge in [-0.3, -0.25) is 4.90 Å². The molecule has 0 amide bonds. The van der Waals surface area contributed by atoms with E-state index in [2.05, 4.69) is 37.8 Å². The summed E-state index contributed by atoms with van der Waals surface area (Å²) < 4.78 is 0. The van der Waals surface area contributed by atoms with E-state index in [4.69, 9.17) is 0 Å². The minimum Gasteiger partial charge on any atom is -0.508 e. The average Bonchev–Trinajstić information content (AvgIpc) is 2.94. The van der Waals surface area contributed by atoms with Crippen LogP contribution in [0.2, 0.25) is 0 Å². The lowest BCUT2D eigenvalue weighted by Gasteiger charge is -2.37. The van der Waals surface area contributed by atoms with Gasteiger partial charge in [0, 0.05) is 18.6 Å². The van der Waals surface area contributed by atoms with Crippen LogP contribution in [0.4, 0.5) is 0 Å². The van der Waals surface area contributed by atoms with Gasteiger partial charge in [-0.2, -0.15) is 0 Å². The minimum absolute atomic E-state index is 0.361. The zero-order valence-corrected chi connectivity index (χ0v) is 13.2. The van der Waals surface area contributed by atoms with Gasteiger partial charge in [-0.05, 0) is 42.9 Å². The highest BCUT2D eigenvalue weighted by molar-refractivity contribution is 5.28. The largest absolute Gasteiger partial charge is 0.508 e. The van der Waals surface area contributed by atoms with Gasteiger partial charge in [0.05, 0.1) is 0 Å². The van der Waals surface area contributed by atoms with Gasteiger partial charge < -0.3 is 5.11 Å². The fourth-order valence-electron chi connectivity index (χ4n) is 3.55. The van der Waals surface area contributed by atoms with Crippen molar-refractivity contribution in [2.24, 2.45) is 5.92 Å². The Bertz CT molecular complexity index is 392. The molecule has 0 aromatic heterocycles. The quantitative estimate of drug-likeness (QED) is 0.810. The maximum atomic E-state index is 9.49. The lowest BCUT2D eigenvalue weighted by atomic mass is 9.98. The summed E-state index contributed by atoms with van der Waals surface area (Å²) in [6.07, 6.45) is 6.59. The molecule has 1 atom stereocenters. The Balaban J connectivity index is 2.20. The summed E-state index contributed by atoms with van der Waals surface area (Å²) in [4.78, 5) is 2.73. The zero-order chi connectivity index (χ0) is 14.5. The maximum Gasteiger partial charge on any atom is 0.115 e. The molecule has 1 saturated carbocycles. The van der Waals surface area contributed by atoms with Gasteiger partial charge >= 0.3 is 0 Å². The second kappa shape index (κ2) is 7.12. The van der Waals surface area contributed by atoms with E-state index in [0.717, 1.165) is 12.5 Å². The third kappa shape index (κ3) is 3.76. The number of benzene rings is 1. The van der Waals surface area contributed by atoms with E-state index in [-0.39, 0.29) is 0 Å². The number of hydrogen-bond donors (Lipinski definition) is 1. The first-order valence-electron chi connectivity index (χ1n) is 8.16. The molecule has 1 aromatic rings. The molecule has 0 radical (unpaired) electrons. The first-order chi connectivity index (χ1) is 9.61. The average molecular weight is 275 g/mol. The van der Waals surface area contributed by atoms with Gasteiger partial charge in [-0.25, -0.2) is 0 Å². The highest BCUT2D eigenvalue weighted by Gasteiger charge is 2.29. The Morgan fingerprint density at radius 1 is 1.15 bits per heavy atom. The van der Waals surface area contributed by atoms with Crippen LogP contribution < -0.4 is 0 Å². The topological polar surface area (TPSA) is 23.5 Å². The van der Waals surface area contributed by atoms with Crippen molar-refractivity contribution in [3.05, 3.63) is 29.8 Å². The van der Waals surface area contributed by atoms with Gasteiger partial charge in [0.25, 0.3) is 0 Å². The third-order valence-corrected chi connectivity index (χ3v) is 4.43. The van der Waals surface area contributed by atoms with E-state index in [0.29, 0.717) is 17.7 Å². The van der Waals surface area contributed by atoms with Crippen LogP contribution in [-0.4, -0.2) is 22.6 Å². The molecule has 20 heavy (non-hydrogen) atoms. The molecule has 1 unspecified atom stereocenters. The van der Waals surface area contributed by atoms with Gasteiger partial charge in [0.15, 0.2) is 0 Å². The standard InChI is InChI=1S/C18H29NO/c1-4-18(15-9-11-17(20)12-10-15)19(13-14(2)3)16-7-5-6-8-16/h9-12,14,16,18,20H,4-8,13H2,1-3H3. The zero-order valence-electron chi connectivity index (χ0n) is 13.2. The van der Waals surface area contributed by atoms with Crippen LogP contribution in [0.5, 0.6) is 5.75 Å². The van der Waals surface area contributed by atoms with Crippen LogP contribution in [0.25, 0.3) is 0 Å².